The highest BCUT2D eigenvalue weighted by Gasteiger charge is 2.23. The van der Waals surface area contributed by atoms with Crippen LogP contribution in [-0.2, 0) is 60.7 Å². The molecule has 8 aromatic rings. The van der Waals surface area contributed by atoms with Gasteiger partial charge in [0.25, 0.3) is 60.7 Å². The van der Waals surface area contributed by atoms with Crippen molar-refractivity contribution >= 4 is 142 Å². The third kappa shape index (κ3) is 18.0. The fraction of sp³-hybridized carbons (Fsp3) is 0.103. The second-order valence-electron chi connectivity index (χ2n) is 19.7. The van der Waals surface area contributed by atoms with Gasteiger partial charge >= 0.3 is 0 Å². The zero-order chi connectivity index (χ0) is 70.3. The predicted molar refractivity (Wildman–Crippen MR) is 345 cm³/mol. The van der Waals surface area contributed by atoms with E-state index in [2.05, 4.69) is 51.1 Å². The number of aryl methyl sites for hydroxylation is 2. The van der Waals surface area contributed by atoms with Crippen molar-refractivity contribution in [3.63, 3.8) is 0 Å². The summed E-state index contributed by atoms with van der Waals surface area (Å²) in [4.78, 5) is -4.01. The maximum absolute atomic E-state index is 12.7. The molecular formula is C58H50N10O22S6. The summed E-state index contributed by atoms with van der Waals surface area (Å²) in [5.74, 6) is -0.0215. The molecule has 0 unspecified atom stereocenters. The molecule has 500 valence electrons. The van der Waals surface area contributed by atoms with Crippen molar-refractivity contribution in [3.05, 3.63) is 167 Å². The highest BCUT2D eigenvalue weighted by atomic mass is 32.2. The highest BCUT2D eigenvalue weighted by Crippen LogP contribution is 2.41. The second kappa shape index (κ2) is 28.9. The first kappa shape index (κ1) is 71.7. The van der Waals surface area contributed by atoms with Gasteiger partial charge in [-0.2, -0.15) is 91.4 Å². The van der Waals surface area contributed by atoms with Crippen LogP contribution in [0.15, 0.2) is 214 Å². The number of nitrogens with zero attached hydrogens (tertiary/aromatic N) is 10. The molecule has 38 heteroatoms. The first-order valence-corrected chi connectivity index (χ1v) is 35.2. The van der Waals surface area contributed by atoms with Crippen molar-refractivity contribution in [2.24, 2.45) is 51.1 Å². The molecule has 0 heterocycles. The summed E-state index contributed by atoms with van der Waals surface area (Å²) < 4.78 is 230. The molecule has 0 atom stereocenters. The quantitative estimate of drug-likeness (QED) is 0.0186. The molecule has 0 aliphatic heterocycles. The fourth-order valence-corrected chi connectivity index (χ4v) is 12.8. The molecule has 96 heavy (non-hydrogen) atoms. The molecule has 0 bridgehead atoms. The lowest BCUT2D eigenvalue weighted by molar-refractivity contribution is 0.397. The van der Waals surface area contributed by atoms with Crippen LogP contribution in [0, 0.1) is 13.8 Å². The third-order valence-electron chi connectivity index (χ3n) is 13.2. The molecule has 0 radical (unpaired) electrons. The maximum Gasteiger partial charge on any atom is 0.298 e. The maximum atomic E-state index is 12.7. The van der Waals surface area contributed by atoms with Crippen LogP contribution in [0.3, 0.4) is 0 Å². The smallest absolute Gasteiger partial charge is 0.298 e. The summed E-state index contributed by atoms with van der Waals surface area (Å²) in [6, 6.07) is 26.7. The van der Waals surface area contributed by atoms with E-state index in [1.807, 2.05) is 0 Å². The fourth-order valence-electron chi connectivity index (χ4n) is 8.59. The molecule has 0 aliphatic carbocycles. The SMILES string of the molecule is COc1cc(N=Nc2ccc(OC)c(S(=O)(=O)O)c2)c(C)cc1N=Nc1ccc(/C=C/c2ccc(N=Nc3ccc(/C=C/c4ccc(N=Nc5cc(C)c(N=Nc6ccc(OC)c(S(=O)(=O)O)c6)cc5OC)cc4S(=O)(=O)O)c(S(=O)(=O)O)c3)cc2S(=O)(=O)O)c(S(=O)(=O)O)c1. The normalized spacial score (nSPS) is 13.0. The van der Waals surface area contributed by atoms with E-state index in [-0.39, 0.29) is 102 Å². The van der Waals surface area contributed by atoms with Gasteiger partial charge < -0.3 is 18.9 Å². The van der Waals surface area contributed by atoms with E-state index in [9.17, 15) is 77.8 Å². The van der Waals surface area contributed by atoms with Crippen molar-refractivity contribution < 1.29 is 96.8 Å². The van der Waals surface area contributed by atoms with Crippen molar-refractivity contribution in [2.75, 3.05) is 28.4 Å². The Hall–Kier alpha value is -10.1. The van der Waals surface area contributed by atoms with Gasteiger partial charge in [0, 0.05) is 12.1 Å². The van der Waals surface area contributed by atoms with Crippen LogP contribution in [0.2, 0.25) is 0 Å². The lowest BCUT2D eigenvalue weighted by atomic mass is 10.1. The van der Waals surface area contributed by atoms with Gasteiger partial charge in [0.1, 0.15) is 63.7 Å². The number of hydrogen-bond donors (Lipinski definition) is 6. The number of azo groups is 5. The Labute approximate surface area is 548 Å². The average Bonchev–Trinajstić information content (AvgIpc) is 0.827. The van der Waals surface area contributed by atoms with Gasteiger partial charge in [-0.25, -0.2) is 0 Å². The zero-order valence-corrected chi connectivity index (χ0v) is 55.0. The van der Waals surface area contributed by atoms with Crippen LogP contribution >= 0.6 is 0 Å². The molecule has 0 fully saturated rings. The summed E-state index contributed by atoms with van der Waals surface area (Å²) in [5.41, 5.74) is 0.287. The summed E-state index contributed by atoms with van der Waals surface area (Å²) in [5, 5.41) is 40.8. The van der Waals surface area contributed by atoms with E-state index in [0.717, 1.165) is 72.8 Å². The monoisotopic (exact) mass is 1430 g/mol. The second-order valence-corrected chi connectivity index (χ2v) is 28.0. The molecule has 6 N–H and O–H groups in total. The van der Waals surface area contributed by atoms with Crippen molar-refractivity contribution in [1.29, 1.82) is 0 Å². The number of ether oxygens (including phenoxy) is 4. The van der Waals surface area contributed by atoms with Gasteiger partial charge in [-0.15, -0.1) is 10.2 Å². The van der Waals surface area contributed by atoms with Gasteiger partial charge in [-0.3, -0.25) is 27.3 Å². The highest BCUT2D eigenvalue weighted by molar-refractivity contribution is 7.87. The number of rotatable bonds is 24. The molecule has 32 nitrogen and oxygen atoms in total. The summed E-state index contributed by atoms with van der Waals surface area (Å²) >= 11 is 0. The topological polar surface area (TPSA) is 487 Å². The molecule has 0 saturated carbocycles. The largest absolute Gasteiger partial charge is 0.495 e. The van der Waals surface area contributed by atoms with E-state index in [1.54, 1.807) is 13.8 Å². The van der Waals surface area contributed by atoms with Gasteiger partial charge in [0.2, 0.25) is 0 Å². The number of benzene rings is 8. The van der Waals surface area contributed by atoms with Gasteiger partial charge in [0.15, 0.2) is 0 Å². The molecule has 0 spiro atoms. The Bertz CT molecular complexity index is 5060. The summed E-state index contributed by atoms with van der Waals surface area (Å²) in [6.07, 6.45) is 4.39. The van der Waals surface area contributed by atoms with E-state index in [1.165, 1.54) is 113 Å². The average molecular weight is 1430 g/mol. The van der Waals surface area contributed by atoms with Crippen LogP contribution < -0.4 is 18.9 Å². The Kier molecular flexibility index (Phi) is 21.6. The molecule has 8 aromatic carbocycles. The first-order chi connectivity index (χ1) is 45.0. The summed E-state index contributed by atoms with van der Waals surface area (Å²) in [6.45, 7) is 3.26. The minimum absolute atomic E-state index is 0.0466. The Morgan fingerprint density at radius 3 is 0.698 bits per heavy atom. The molecule has 8 rings (SSSR count). The van der Waals surface area contributed by atoms with Crippen LogP contribution in [-0.4, -0.2) is 106 Å². The molecule has 0 saturated heterocycles. The number of methoxy groups -OCH3 is 4. The Balaban J connectivity index is 0.991. The van der Waals surface area contributed by atoms with Crippen molar-refractivity contribution in [2.45, 2.75) is 43.2 Å². The minimum Gasteiger partial charge on any atom is -0.495 e. The van der Waals surface area contributed by atoms with E-state index in [0.29, 0.717) is 11.1 Å². The first-order valence-electron chi connectivity index (χ1n) is 26.6. The van der Waals surface area contributed by atoms with Crippen LogP contribution in [0.25, 0.3) is 24.3 Å². The summed E-state index contributed by atoms with van der Waals surface area (Å²) in [7, 11) is -24.5. The Morgan fingerprint density at radius 2 is 0.469 bits per heavy atom. The van der Waals surface area contributed by atoms with Gasteiger partial charge in [-0.1, -0.05) is 48.6 Å². The third-order valence-corrected chi connectivity index (χ3v) is 18.6. The van der Waals surface area contributed by atoms with Crippen LogP contribution in [0.4, 0.5) is 56.9 Å². The van der Waals surface area contributed by atoms with Gasteiger partial charge in [-0.05, 0) is 144 Å². The lowest BCUT2D eigenvalue weighted by Gasteiger charge is -2.08. The zero-order valence-electron chi connectivity index (χ0n) is 50.1. The van der Waals surface area contributed by atoms with E-state index < -0.39 is 90.1 Å². The van der Waals surface area contributed by atoms with E-state index in [4.69, 9.17) is 18.9 Å². The lowest BCUT2D eigenvalue weighted by Crippen LogP contribution is -2.02. The van der Waals surface area contributed by atoms with Crippen LogP contribution in [0.1, 0.15) is 33.4 Å². The van der Waals surface area contributed by atoms with E-state index >= 15 is 0 Å². The molecule has 0 aromatic heterocycles. The standard InChI is InChI=1S/C58H50N10O22S6/c1-33-23-47(51(89-5)31-45(33)65-61-43-19-21-49(87-3)57(29-43)95(81,82)83)67-63-41-17-13-37(55(27-41)93(75,76)77)9-7-35-11-15-39(25-53(35)91(69,70)71)59-60-40-16-12-36(54(26-40)92(72,73)74)8-10-38-14-18-42(28-56(38)94(78,79)80)64-68-48-24-34(2)46(32-52(48)90-6)66-62-44-20-22-50(88-4)58(30-44)96(84,85)86/h7-32H,1-6H3,(H,69,70,71)(H,72,73,74)(H,75,76,77)(H,78,79,80)(H,81,82,83)(H,84,85,86)/b9-7+,10-8+,60-59?,65-61?,66-62?,67-63?,68-64?. The van der Waals surface area contributed by atoms with Crippen molar-refractivity contribution in [3.8, 4) is 23.0 Å². The van der Waals surface area contributed by atoms with Crippen molar-refractivity contribution in [1.82, 2.24) is 0 Å². The predicted octanol–water partition coefficient (Wildman–Crippen LogP) is 14.2. The van der Waals surface area contributed by atoms with Gasteiger partial charge in [0.05, 0.1) is 73.9 Å². The number of hydrogen-bond acceptors (Lipinski definition) is 26. The molecule has 0 aliphatic rings. The minimum atomic E-state index is -5.08. The molecular weight excluding hydrogens is 1380 g/mol. The van der Waals surface area contributed by atoms with Crippen LogP contribution in [0.5, 0.6) is 23.0 Å². The molecule has 0 amide bonds. The Morgan fingerprint density at radius 1 is 0.260 bits per heavy atom.